The van der Waals surface area contributed by atoms with Gasteiger partial charge in [0.05, 0.1) is 18.8 Å². The Bertz CT molecular complexity index is 509. The Morgan fingerprint density at radius 2 is 2.05 bits per heavy atom. The van der Waals surface area contributed by atoms with Crippen LogP contribution in [0.5, 0.6) is 5.75 Å². The molecule has 3 nitrogen and oxygen atoms in total. The minimum atomic E-state index is -4.89. The monoisotopic (exact) mass is 313 g/mol. The highest BCUT2D eigenvalue weighted by Crippen LogP contribution is 2.39. The van der Waals surface area contributed by atoms with Crippen LogP contribution in [0.15, 0.2) is 12.1 Å². The lowest BCUT2D eigenvalue weighted by atomic mass is 10.1. The standard InChI is InChI=1S/C12H11F4NO2.ClH/c13-8-5-7-6(3-9(8)19-12(14,15)16)4-10-11(7)17-1-2-18-10;/h3,5,10-11,17H,1-2,4H2;1H/t10-,11+;/m1./s1. The van der Waals surface area contributed by atoms with Crippen molar-refractivity contribution in [3.05, 3.63) is 29.1 Å². The first-order valence-corrected chi connectivity index (χ1v) is 5.87. The Morgan fingerprint density at radius 3 is 2.75 bits per heavy atom. The minimum absolute atomic E-state index is 0. The summed E-state index contributed by atoms with van der Waals surface area (Å²) < 4.78 is 59.3. The predicted molar refractivity (Wildman–Crippen MR) is 64.5 cm³/mol. The van der Waals surface area contributed by atoms with Crippen molar-refractivity contribution in [2.75, 3.05) is 13.2 Å². The number of hydrogen-bond donors (Lipinski definition) is 1. The number of fused-ring (bicyclic) bond motifs is 3. The molecule has 0 saturated carbocycles. The molecule has 2 atom stereocenters. The molecule has 0 bridgehead atoms. The Balaban J connectivity index is 0.00000147. The SMILES string of the molecule is Cl.Fc1cc2c(cc1OC(F)(F)F)C[C@H]1OCCN[C@@H]21. The highest BCUT2D eigenvalue weighted by Gasteiger charge is 2.38. The molecule has 1 aromatic carbocycles. The third kappa shape index (κ3) is 2.84. The van der Waals surface area contributed by atoms with E-state index in [0.29, 0.717) is 30.7 Å². The van der Waals surface area contributed by atoms with Crippen molar-refractivity contribution in [2.24, 2.45) is 0 Å². The number of ether oxygens (including phenoxy) is 2. The van der Waals surface area contributed by atoms with Crippen LogP contribution < -0.4 is 10.1 Å². The van der Waals surface area contributed by atoms with E-state index in [2.05, 4.69) is 10.1 Å². The van der Waals surface area contributed by atoms with Gasteiger partial charge in [-0.25, -0.2) is 4.39 Å². The number of halogens is 5. The molecule has 0 amide bonds. The van der Waals surface area contributed by atoms with Gasteiger partial charge in [-0.3, -0.25) is 0 Å². The van der Waals surface area contributed by atoms with Crippen molar-refractivity contribution in [2.45, 2.75) is 24.9 Å². The molecule has 8 heteroatoms. The average Bonchev–Trinajstić information content (AvgIpc) is 2.66. The number of morpholine rings is 1. The maximum Gasteiger partial charge on any atom is 0.573 e. The average molecular weight is 314 g/mol. The minimum Gasteiger partial charge on any atom is -0.403 e. The summed E-state index contributed by atoms with van der Waals surface area (Å²) in [6.45, 7) is 1.19. The zero-order valence-corrected chi connectivity index (χ0v) is 11.0. The quantitative estimate of drug-likeness (QED) is 0.809. The van der Waals surface area contributed by atoms with Crippen molar-refractivity contribution in [3.63, 3.8) is 0 Å². The van der Waals surface area contributed by atoms with Gasteiger partial charge in [-0.15, -0.1) is 25.6 Å². The van der Waals surface area contributed by atoms with E-state index in [1.165, 1.54) is 0 Å². The molecule has 3 rings (SSSR count). The Kier molecular flexibility index (Phi) is 4.13. The number of rotatable bonds is 1. The van der Waals surface area contributed by atoms with Crippen molar-refractivity contribution in [3.8, 4) is 5.75 Å². The maximum absolute atomic E-state index is 13.6. The summed E-state index contributed by atoms with van der Waals surface area (Å²) in [5.41, 5.74) is 1.28. The van der Waals surface area contributed by atoms with Crippen LogP contribution in [-0.2, 0) is 11.2 Å². The lowest BCUT2D eigenvalue weighted by molar-refractivity contribution is -0.275. The van der Waals surface area contributed by atoms with E-state index >= 15 is 0 Å². The van der Waals surface area contributed by atoms with E-state index in [4.69, 9.17) is 4.74 Å². The van der Waals surface area contributed by atoms with Gasteiger partial charge in [0.15, 0.2) is 11.6 Å². The Hall–Kier alpha value is -1.05. The van der Waals surface area contributed by atoms with E-state index in [-0.39, 0.29) is 24.6 Å². The normalized spacial score (nSPS) is 24.6. The first-order valence-electron chi connectivity index (χ1n) is 5.87. The second-order valence-electron chi connectivity index (χ2n) is 4.57. The largest absolute Gasteiger partial charge is 0.573 e. The Labute approximate surface area is 118 Å². The van der Waals surface area contributed by atoms with Gasteiger partial charge in [-0.2, -0.15) is 0 Å². The van der Waals surface area contributed by atoms with Crippen molar-refractivity contribution >= 4 is 12.4 Å². The first-order chi connectivity index (χ1) is 8.94. The molecule has 20 heavy (non-hydrogen) atoms. The smallest absolute Gasteiger partial charge is 0.403 e. The molecular formula is C12H12ClF4NO2. The number of benzene rings is 1. The third-order valence-electron chi connectivity index (χ3n) is 3.35. The highest BCUT2D eigenvalue weighted by molar-refractivity contribution is 5.85. The van der Waals surface area contributed by atoms with Crippen LogP contribution >= 0.6 is 12.4 Å². The summed E-state index contributed by atoms with van der Waals surface area (Å²) in [4.78, 5) is 0. The summed E-state index contributed by atoms with van der Waals surface area (Å²) >= 11 is 0. The molecule has 2 aliphatic rings. The zero-order valence-electron chi connectivity index (χ0n) is 10.2. The highest BCUT2D eigenvalue weighted by atomic mass is 35.5. The molecule has 1 saturated heterocycles. The predicted octanol–water partition coefficient (Wildman–Crippen LogP) is 2.73. The summed E-state index contributed by atoms with van der Waals surface area (Å²) in [5.74, 6) is -1.80. The van der Waals surface area contributed by atoms with Crippen molar-refractivity contribution in [1.29, 1.82) is 0 Å². The van der Waals surface area contributed by atoms with Gasteiger partial charge >= 0.3 is 6.36 Å². The first kappa shape index (κ1) is 15.3. The molecule has 0 unspecified atom stereocenters. The maximum atomic E-state index is 13.6. The number of hydrogen-bond acceptors (Lipinski definition) is 3. The van der Waals surface area contributed by atoms with Crippen LogP contribution in [0.25, 0.3) is 0 Å². The van der Waals surface area contributed by atoms with Crippen LogP contribution in [0, 0.1) is 5.82 Å². The van der Waals surface area contributed by atoms with Gasteiger partial charge in [-0.1, -0.05) is 0 Å². The molecule has 1 N–H and O–H groups in total. The third-order valence-corrected chi connectivity index (χ3v) is 3.35. The fourth-order valence-corrected chi connectivity index (χ4v) is 2.64. The summed E-state index contributed by atoms with van der Waals surface area (Å²) in [6, 6.07) is 2.06. The van der Waals surface area contributed by atoms with Crippen LogP contribution in [0.2, 0.25) is 0 Å². The molecule has 112 valence electrons. The molecule has 1 aliphatic heterocycles. The fraction of sp³-hybridized carbons (Fsp3) is 0.500. The summed E-state index contributed by atoms with van der Waals surface area (Å²) in [7, 11) is 0. The van der Waals surface area contributed by atoms with Crippen LogP contribution in [-0.4, -0.2) is 25.6 Å². The van der Waals surface area contributed by atoms with Gasteiger partial charge in [-0.05, 0) is 23.3 Å². The molecule has 1 aliphatic carbocycles. The van der Waals surface area contributed by atoms with Crippen LogP contribution in [0.3, 0.4) is 0 Å². The summed E-state index contributed by atoms with van der Waals surface area (Å²) in [6.07, 6.45) is -4.58. The van der Waals surface area contributed by atoms with E-state index in [0.717, 1.165) is 12.1 Å². The fourth-order valence-electron chi connectivity index (χ4n) is 2.64. The van der Waals surface area contributed by atoms with E-state index in [1.54, 1.807) is 0 Å². The second kappa shape index (κ2) is 5.38. The lowest BCUT2D eigenvalue weighted by Gasteiger charge is -2.27. The molecule has 1 aromatic rings. The van der Waals surface area contributed by atoms with Gasteiger partial charge < -0.3 is 14.8 Å². The van der Waals surface area contributed by atoms with Gasteiger partial charge in [0, 0.05) is 13.0 Å². The molecule has 0 aromatic heterocycles. The van der Waals surface area contributed by atoms with E-state index in [9.17, 15) is 17.6 Å². The van der Waals surface area contributed by atoms with Gasteiger partial charge in [0.25, 0.3) is 0 Å². The zero-order chi connectivity index (χ0) is 13.6. The lowest BCUT2D eigenvalue weighted by Crippen LogP contribution is -2.39. The van der Waals surface area contributed by atoms with Crippen molar-refractivity contribution < 1.29 is 27.0 Å². The van der Waals surface area contributed by atoms with Gasteiger partial charge in [0.2, 0.25) is 0 Å². The molecule has 0 spiro atoms. The van der Waals surface area contributed by atoms with Crippen LogP contribution in [0.4, 0.5) is 17.6 Å². The van der Waals surface area contributed by atoms with Crippen molar-refractivity contribution in [1.82, 2.24) is 5.32 Å². The van der Waals surface area contributed by atoms with Crippen LogP contribution in [0.1, 0.15) is 17.2 Å². The van der Waals surface area contributed by atoms with Gasteiger partial charge in [0.1, 0.15) is 0 Å². The molecule has 0 radical (unpaired) electrons. The molecular weight excluding hydrogens is 302 g/mol. The van der Waals surface area contributed by atoms with E-state index < -0.39 is 17.9 Å². The number of nitrogens with one attached hydrogen (secondary N) is 1. The molecule has 1 heterocycles. The molecule has 1 fully saturated rings. The number of alkyl halides is 3. The van der Waals surface area contributed by atoms with E-state index in [1.807, 2.05) is 0 Å². The second-order valence-corrected chi connectivity index (χ2v) is 4.57. The summed E-state index contributed by atoms with van der Waals surface area (Å²) in [5, 5.41) is 3.18. The Morgan fingerprint density at radius 1 is 1.30 bits per heavy atom. The topological polar surface area (TPSA) is 30.5 Å².